The van der Waals surface area contributed by atoms with E-state index in [4.69, 9.17) is 4.74 Å². The molecule has 0 unspecified atom stereocenters. The van der Waals surface area contributed by atoms with Crippen LogP contribution in [0.3, 0.4) is 0 Å². The minimum absolute atomic E-state index is 0. The minimum Gasteiger partial charge on any atom is -0.507 e. The van der Waals surface area contributed by atoms with Gasteiger partial charge in [0.05, 0.1) is 0 Å². The van der Waals surface area contributed by atoms with E-state index in [2.05, 4.69) is 4.99 Å². The molecule has 0 aliphatic heterocycles. The number of phenolic OH excluding ortho intramolecular Hbond substituents is 1. The summed E-state index contributed by atoms with van der Waals surface area (Å²) >= 11 is 0. The Labute approximate surface area is 221 Å². The monoisotopic (exact) mass is 539 g/mol. The van der Waals surface area contributed by atoms with Gasteiger partial charge in [-0.3, -0.25) is 4.99 Å². The smallest absolute Gasteiger partial charge is 0.207 e. The van der Waals surface area contributed by atoms with Gasteiger partial charge in [-0.2, -0.15) is 8.78 Å². The van der Waals surface area contributed by atoms with E-state index in [1.54, 1.807) is 12.1 Å². The summed E-state index contributed by atoms with van der Waals surface area (Å²) in [6, 6.07) is 9.44. The van der Waals surface area contributed by atoms with Gasteiger partial charge in [0.2, 0.25) is 34.8 Å². The zero-order valence-corrected chi connectivity index (χ0v) is 22.3. The van der Waals surface area contributed by atoms with E-state index in [9.17, 15) is 27.1 Å². The third-order valence-electron chi connectivity index (χ3n) is 5.40. The number of hydrogen-bond donors (Lipinski definition) is 1. The molecule has 0 saturated heterocycles. The summed E-state index contributed by atoms with van der Waals surface area (Å²) in [5, 5.41) is 10.9. The second-order valence-electron chi connectivity index (χ2n) is 10.2. The maximum Gasteiger partial charge on any atom is 0.207 e. The molecule has 3 aromatic carbocycles. The van der Waals surface area contributed by atoms with E-state index in [1.807, 2.05) is 47.6 Å². The van der Waals surface area contributed by atoms with Crippen molar-refractivity contribution in [2.24, 2.45) is 4.99 Å². The van der Waals surface area contributed by atoms with E-state index in [-0.39, 0.29) is 49.7 Å². The standard InChI is InChI=1S/C27H26F5NO2.Ti/c1-26(2,3)15-11-14(24(34)16(12-15)27(4,5)6)13-33-17-9-7-8-10-18(17)35-25-22(31)20(29)19(28)21(30)23(25)32;/h7-13,34H,1-6H3;. The molecule has 1 N–H and O–H groups in total. The van der Waals surface area contributed by atoms with Crippen LogP contribution < -0.4 is 4.74 Å². The summed E-state index contributed by atoms with van der Waals surface area (Å²) in [4.78, 5) is 4.29. The van der Waals surface area contributed by atoms with Crippen LogP contribution in [0.1, 0.15) is 58.2 Å². The predicted molar refractivity (Wildman–Crippen MR) is 126 cm³/mol. The molecule has 0 spiro atoms. The maximum atomic E-state index is 14.1. The number of halogens is 5. The molecule has 0 radical (unpaired) electrons. The fourth-order valence-electron chi connectivity index (χ4n) is 3.33. The van der Waals surface area contributed by atoms with Crippen molar-refractivity contribution in [1.29, 1.82) is 0 Å². The number of nitrogens with zero attached hydrogens (tertiary/aromatic N) is 1. The molecule has 3 rings (SSSR count). The van der Waals surface area contributed by atoms with Gasteiger partial charge >= 0.3 is 0 Å². The number of aromatic hydroxyl groups is 1. The Morgan fingerprint density at radius 3 is 1.83 bits per heavy atom. The fourth-order valence-corrected chi connectivity index (χ4v) is 3.33. The van der Waals surface area contributed by atoms with Gasteiger partial charge in [-0.1, -0.05) is 59.7 Å². The van der Waals surface area contributed by atoms with Crippen molar-refractivity contribution in [2.75, 3.05) is 0 Å². The van der Waals surface area contributed by atoms with E-state index >= 15 is 0 Å². The second-order valence-corrected chi connectivity index (χ2v) is 10.2. The van der Waals surface area contributed by atoms with Crippen LogP contribution in [0.5, 0.6) is 17.2 Å². The molecule has 3 nitrogen and oxygen atoms in total. The van der Waals surface area contributed by atoms with Gasteiger partial charge in [0, 0.05) is 39.1 Å². The quantitative estimate of drug-likeness (QED) is 0.119. The first kappa shape index (κ1) is 29.5. The van der Waals surface area contributed by atoms with Gasteiger partial charge in [0.25, 0.3) is 0 Å². The third-order valence-corrected chi connectivity index (χ3v) is 5.40. The normalized spacial score (nSPS) is 12.1. The molecule has 0 fully saturated rings. The van der Waals surface area contributed by atoms with E-state index in [1.165, 1.54) is 24.4 Å². The van der Waals surface area contributed by atoms with Gasteiger partial charge in [0.1, 0.15) is 11.4 Å². The van der Waals surface area contributed by atoms with Crippen LogP contribution in [0.2, 0.25) is 0 Å². The van der Waals surface area contributed by atoms with Crippen LogP contribution in [-0.2, 0) is 32.5 Å². The summed E-state index contributed by atoms with van der Waals surface area (Å²) in [6.07, 6.45) is 1.36. The number of rotatable bonds is 4. The predicted octanol–water partition coefficient (Wildman–Crippen LogP) is 8.22. The Morgan fingerprint density at radius 1 is 0.778 bits per heavy atom. The average Bonchev–Trinajstić information content (AvgIpc) is 2.77. The van der Waals surface area contributed by atoms with Gasteiger partial charge in [-0.15, -0.1) is 0 Å². The van der Waals surface area contributed by atoms with Crippen molar-refractivity contribution in [3.05, 3.63) is 82.2 Å². The summed E-state index contributed by atoms with van der Waals surface area (Å²) in [5.41, 5.74) is 1.50. The van der Waals surface area contributed by atoms with Crippen molar-refractivity contribution >= 4 is 11.9 Å². The van der Waals surface area contributed by atoms with Gasteiger partial charge in [0.15, 0.2) is 5.75 Å². The molecule has 0 saturated carbocycles. The Balaban J connectivity index is 0.00000456. The van der Waals surface area contributed by atoms with Crippen LogP contribution in [0.25, 0.3) is 0 Å². The van der Waals surface area contributed by atoms with Crippen LogP contribution in [-0.4, -0.2) is 11.3 Å². The molecular weight excluding hydrogens is 513 g/mol. The first-order chi connectivity index (χ1) is 16.1. The average molecular weight is 539 g/mol. The van der Waals surface area contributed by atoms with Gasteiger partial charge in [-0.05, 0) is 34.6 Å². The van der Waals surface area contributed by atoms with E-state index < -0.39 is 34.8 Å². The summed E-state index contributed by atoms with van der Waals surface area (Å²) in [5.74, 6) is -12.3. The summed E-state index contributed by atoms with van der Waals surface area (Å²) < 4.78 is 73.9. The third kappa shape index (κ3) is 5.98. The van der Waals surface area contributed by atoms with E-state index in [0.29, 0.717) is 11.1 Å². The van der Waals surface area contributed by atoms with Crippen LogP contribution in [0, 0.1) is 29.1 Å². The van der Waals surface area contributed by atoms with Crippen LogP contribution in [0.15, 0.2) is 41.4 Å². The molecule has 0 aliphatic carbocycles. The minimum atomic E-state index is -2.28. The fraction of sp³-hybridized carbons (Fsp3) is 0.296. The van der Waals surface area contributed by atoms with Crippen molar-refractivity contribution in [2.45, 2.75) is 52.4 Å². The molecule has 3 aromatic rings. The summed E-state index contributed by atoms with van der Waals surface area (Å²) in [7, 11) is 0. The number of benzene rings is 3. The van der Waals surface area contributed by atoms with Crippen LogP contribution >= 0.6 is 0 Å². The zero-order chi connectivity index (χ0) is 26.3. The van der Waals surface area contributed by atoms with Crippen LogP contribution in [0.4, 0.5) is 27.6 Å². The van der Waals surface area contributed by atoms with Crippen molar-refractivity contribution in [3.8, 4) is 17.2 Å². The molecular formula is C27H26F5NO2Ti. The van der Waals surface area contributed by atoms with E-state index in [0.717, 1.165) is 5.56 Å². The largest absolute Gasteiger partial charge is 0.507 e. The van der Waals surface area contributed by atoms with Crippen molar-refractivity contribution in [3.63, 3.8) is 0 Å². The molecule has 0 amide bonds. The first-order valence-electron chi connectivity index (χ1n) is 10.8. The van der Waals surface area contributed by atoms with Crippen molar-refractivity contribution < 1.29 is 53.5 Å². The zero-order valence-electron chi connectivity index (χ0n) is 20.7. The SMILES string of the molecule is CC(C)(C)c1cc(C=Nc2ccccc2Oc2c(F)c(F)c(F)c(F)c2F)c(O)c(C(C)(C)C)c1.[Ti]. The Morgan fingerprint density at radius 2 is 1.31 bits per heavy atom. The summed E-state index contributed by atoms with van der Waals surface area (Å²) in [6.45, 7) is 12.0. The molecule has 190 valence electrons. The molecule has 0 bridgehead atoms. The number of ether oxygens (including phenoxy) is 1. The maximum absolute atomic E-state index is 14.1. The number of aliphatic imine (C=N–C) groups is 1. The van der Waals surface area contributed by atoms with Gasteiger partial charge < -0.3 is 9.84 Å². The second kappa shape index (κ2) is 10.7. The Kier molecular flexibility index (Phi) is 8.80. The molecule has 36 heavy (non-hydrogen) atoms. The molecule has 0 aromatic heterocycles. The van der Waals surface area contributed by atoms with Crippen molar-refractivity contribution in [1.82, 2.24) is 0 Å². The molecule has 0 aliphatic rings. The number of phenols is 1. The topological polar surface area (TPSA) is 41.8 Å². The Bertz CT molecular complexity index is 1280. The first-order valence-corrected chi connectivity index (χ1v) is 10.8. The number of para-hydroxylation sites is 2. The molecule has 0 heterocycles. The molecule has 9 heteroatoms. The van der Waals surface area contributed by atoms with Gasteiger partial charge in [-0.25, -0.2) is 13.2 Å². The number of hydrogen-bond acceptors (Lipinski definition) is 3. The Hall–Kier alpha value is -2.71. The molecule has 0 atom stereocenters.